The molecule has 3 aliphatic carbocycles. The van der Waals surface area contributed by atoms with Crippen LogP contribution < -0.4 is 20.9 Å². The fourth-order valence-corrected chi connectivity index (χ4v) is 11.6. The van der Waals surface area contributed by atoms with Crippen LogP contribution in [0.3, 0.4) is 0 Å². The van der Waals surface area contributed by atoms with Crippen molar-refractivity contribution in [2.24, 2.45) is 11.8 Å². The first-order chi connectivity index (χ1) is 33.4. The Kier molecular flexibility index (Phi) is 15.8. The molecule has 69 heavy (non-hydrogen) atoms. The number of phenols is 1. The van der Waals surface area contributed by atoms with Gasteiger partial charge in [-0.3, -0.25) is 24.0 Å². The van der Waals surface area contributed by atoms with Gasteiger partial charge in [0.15, 0.2) is 22.4 Å². The molecule has 0 spiro atoms. The fourth-order valence-electron chi connectivity index (χ4n) is 11.6. The Labute approximate surface area is 400 Å². The summed E-state index contributed by atoms with van der Waals surface area (Å²) in [6.07, 6.45) is 8.02. The van der Waals surface area contributed by atoms with Crippen LogP contribution in [-0.4, -0.2) is 104 Å². The van der Waals surface area contributed by atoms with Gasteiger partial charge >= 0.3 is 5.97 Å². The summed E-state index contributed by atoms with van der Waals surface area (Å²) >= 11 is 0. The molecule has 15 heteroatoms. The van der Waals surface area contributed by atoms with Crippen molar-refractivity contribution in [3.8, 4) is 11.5 Å². The smallest absolute Gasteiger partial charge is 0.308 e. The van der Waals surface area contributed by atoms with Gasteiger partial charge in [0.25, 0.3) is 0 Å². The monoisotopic (exact) mass is 951 g/mol. The van der Waals surface area contributed by atoms with E-state index < -0.39 is 30.3 Å². The van der Waals surface area contributed by atoms with Gasteiger partial charge in [-0.1, -0.05) is 11.6 Å². The molecule has 15 nitrogen and oxygen atoms in total. The number of benzene rings is 5. The number of methoxy groups -OCH3 is 2. The molecule has 0 aromatic heterocycles. The second kappa shape index (κ2) is 21.8. The molecule has 0 bridgehead atoms. The van der Waals surface area contributed by atoms with E-state index in [4.69, 9.17) is 28.8 Å². The number of nitrogens with one attached hydrogen (secondary N) is 1. The third kappa shape index (κ3) is 9.66. The zero-order valence-electron chi connectivity index (χ0n) is 40.1. The van der Waals surface area contributed by atoms with Gasteiger partial charge in [0, 0.05) is 66.3 Å². The number of carbonyl (C=O) groups is 3. The predicted octanol–water partition coefficient (Wildman–Crippen LogP) is 6.71. The lowest BCUT2D eigenvalue weighted by Crippen LogP contribution is -2.31. The topological polar surface area (TPSA) is 224 Å². The fraction of sp³-hybridized carbons (Fsp3) is 0.537. The Morgan fingerprint density at radius 2 is 1.41 bits per heavy atom. The highest BCUT2D eigenvalue weighted by Gasteiger charge is 2.38. The normalized spacial score (nSPS) is 20.5. The Morgan fingerprint density at radius 3 is 2.06 bits per heavy atom. The Bertz CT molecular complexity index is 2880. The lowest BCUT2D eigenvalue weighted by molar-refractivity contribution is -0.151. The van der Waals surface area contributed by atoms with E-state index in [1.807, 2.05) is 13.0 Å². The van der Waals surface area contributed by atoms with E-state index in [9.17, 15) is 34.5 Å². The van der Waals surface area contributed by atoms with Crippen molar-refractivity contribution in [1.29, 1.82) is 0 Å². The van der Waals surface area contributed by atoms with Gasteiger partial charge in [0.1, 0.15) is 17.7 Å². The van der Waals surface area contributed by atoms with Crippen LogP contribution in [-0.2, 0) is 53.0 Å². The number of rotatable bonds is 22. The number of phenolic OH excluding ortho intramolecular Hbond substituents is 1. The Hall–Kier alpha value is -5.29. The predicted molar refractivity (Wildman–Crippen MR) is 263 cm³/mol. The number of aliphatic hydroxyl groups is 3. The number of ketones is 2. The molecule has 5 aromatic rings. The molecule has 0 saturated heterocycles. The number of aromatic hydroxyl groups is 1. The minimum Gasteiger partial charge on any atom is -0.504 e. The van der Waals surface area contributed by atoms with Crippen LogP contribution >= 0.6 is 0 Å². The maximum Gasteiger partial charge on any atom is 0.308 e. The van der Waals surface area contributed by atoms with E-state index in [2.05, 4.69) is 5.32 Å². The van der Waals surface area contributed by atoms with Crippen molar-refractivity contribution in [3.05, 3.63) is 66.0 Å². The van der Waals surface area contributed by atoms with Crippen molar-refractivity contribution < 1.29 is 58.5 Å². The molecule has 0 radical (unpaired) electrons. The summed E-state index contributed by atoms with van der Waals surface area (Å²) in [4.78, 5) is 70.0. The van der Waals surface area contributed by atoms with Crippen LogP contribution in [0.25, 0.3) is 49.2 Å². The van der Waals surface area contributed by atoms with Gasteiger partial charge in [-0.05, 0) is 134 Å². The number of allylic oxidation sites excluding steroid dienone is 1. The average molecular weight is 952 g/mol. The molecule has 0 heterocycles. The molecule has 0 aliphatic heterocycles. The Morgan fingerprint density at radius 1 is 0.739 bits per heavy atom. The standard InChI is InChI=1S/C54H65NO14/c1-28-22-36-37(23-30-6-8-31(9-7-30)39(60)14-18-68-21-20-65-3)52(63)46-38(55-34-10-12-35(13-11-34)69-41(62)15-19-67-17-5-16-56)24-32(26-57)43-44-33(27-58)25-40(61)47-49(44)50(45(36)48(43)46)51(42(28)29(2)59)54(66-4)53(47)64/h22,24-25,30-31,34-35,42,55-58,64H,5-21,23,26-27H2,1-4H3. The van der Waals surface area contributed by atoms with Crippen molar-refractivity contribution in [2.45, 2.75) is 122 Å². The molecule has 8 rings (SSSR count). The number of carbonyl (C=O) groups excluding carboxylic acids is 3. The molecule has 1 atom stereocenters. The van der Waals surface area contributed by atoms with Crippen molar-refractivity contribution in [1.82, 2.24) is 0 Å². The van der Waals surface area contributed by atoms with Crippen molar-refractivity contribution >= 4 is 72.4 Å². The lowest BCUT2D eigenvalue weighted by atomic mass is 9.75. The number of anilines is 1. The molecule has 3 aliphatic rings. The van der Waals surface area contributed by atoms with Crippen LogP contribution in [0.5, 0.6) is 11.5 Å². The van der Waals surface area contributed by atoms with E-state index in [0.29, 0.717) is 168 Å². The summed E-state index contributed by atoms with van der Waals surface area (Å²) in [5, 5.41) is 50.1. The van der Waals surface area contributed by atoms with E-state index in [1.54, 1.807) is 13.2 Å². The second-order valence-electron chi connectivity index (χ2n) is 19.2. The molecule has 1 unspecified atom stereocenters. The zero-order chi connectivity index (χ0) is 49.1. The quantitative estimate of drug-likeness (QED) is 0.0210. The minimum absolute atomic E-state index is 0.0138. The van der Waals surface area contributed by atoms with Crippen LogP contribution in [0.1, 0.15) is 118 Å². The maximum absolute atomic E-state index is 15.8. The van der Waals surface area contributed by atoms with Crippen LogP contribution in [0, 0.1) is 11.8 Å². The summed E-state index contributed by atoms with van der Waals surface area (Å²) in [6.45, 7) is 4.04. The van der Waals surface area contributed by atoms with Crippen molar-refractivity contribution in [2.75, 3.05) is 59.2 Å². The molecule has 5 aromatic carbocycles. The molecule has 2 saturated carbocycles. The highest BCUT2D eigenvalue weighted by atomic mass is 16.5. The average Bonchev–Trinajstić information content (AvgIpc) is 3.47. The van der Waals surface area contributed by atoms with E-state index >= 15 is 4.79 Å². The highest BCUT2D eigenvalue weighted by Crippen LogP contribution is 2.56. The van der Waals surface area contributed by atoms with Gasteiger partial charge in [-0.25, -0.2) is 0 Å². The summed E-state index contributed by atoms with van der Waals surface area (Å²) in [5.74, 6) is -1.92. The second-order valence-corrected chi connectivity index (χ2v) is 19.2. The molecule has 2 fully saturated rings. The first-order valence-corrected chi connectivity index (χ1v) is 24.5. The van der Waals surface area contributed by atoms with Crippen LogP contribution in [0.15, 0.2) is 27.3 Å². The third-order valence-corrected chi connectivity index (χ3v) is 14.9. The van der Waals surface area contributed by atoms with Crippen LogP contribution in [0.2, 0.25) is 0 Å². The number of ether oxygens (including phenoxy) is 5. The van der Waals surface area contributed by atoms with Crippen LogP contribution in [0.4, 0.5) is 5.69 Å². The first-order valence-electron chi connectivity index (χ1n) is 24.5. The number of fused-ring (bicyclic) bond motifs is 1. The minimum atomic E-state index is -0.945. The Balaban J connectivity index is 1.28. The summed E-state index contributed by atoms with van der Waals surface area (Å²) in [7, 11) is 2.98. The molecule has 0 amide bonds. The SMILES string of the molecule is COCCOCCC(=O)C1CCC(Cc2c3c4c5c(c(OC)c(O)c6c(=O)cc(CO)c(c7c(CO)cc(NC8CCC(OC(=O)CCOCCCO)CC8)c(c2=O)c74)c65)C(C(C)=O)C(C)=C3)CC1. The van der Waals surface area contributed by atoms with Gasteiger partial charge in [-0.2, -0.15) is 0 Å². The largest absolute Gasteiger partial charge is 0.504 e. The van der Waals surface area contributed by atoms with E-state index in [0.717, 1.165) is 0 Å². The summed E-state index contributed by atoms with van der Waals surface area (Å²) in [6, 6.07) is 2.90. The number of hydrogen-bond donors (Lipinski definition) is 5. The summed E-state index contributed by atoms with van der Waals surface area (Å²) < 4.78 is 27.8. The number of hydrogen-bond acceptors (Lipinski definition) is 15. The van der Waals surface area contributed by atoms with Gasteiger partial charge in [0.2, 0.25) is 0 Å². The molecular formula is C54H65NO14. The third-order valence-electron chi connectivity index (χ3n) is 14.9. The molecular weight excluding hydrogens is 887 g/mol. The lowest BCUT2D eigenvalue weighted by Gasteiger charge is -2.31. The molecule has 5 N–H and O–H groups in total. The first kappa shape index (κ1) is 50.1. The highest BCUT2D eigenvalue weighted by molar-refractivity contribution is 6.39. The zero-order valence-corrected chi connectivity index (χ0v) is 40.1. The van der Waals surface area contributed by atoms with Gasteiger partial charge in [-0.15, -0.1) is 0 Å². The number of aliphatic hydroxyl groups excluding tert-OH is 3. The maximum atomic E-state index is 15.8. The van der Waals surface area contributed by atoms with E-state index in [-0.39, 0.29) is 83.3 Å². The summed E-state index contributed by atoms with van der Waals surface area (Å²) in [5.41, 5.74) is 2.47. The number of esters is 1. The molecule has 370 valence electrons. The van der Waals surface area contributed by atoms with Gasteiger partial charge < -0.3 is 49.4 Å². The van der Waals surface area contributed by atoms with E-state index in [1.165, 1.54) is 20.1 Å². The van der Waals surface area contributed by atoms with Crippen molar-refractivity contribution in [3.63, 3.8) is 0 Å². The van der Waals surface area contributed by atoms with Gasteiger partial charge in [0.05, 0.1) is 69.9 Å². The number of Topliss-reactive ketones (excluding diaryl/α,β-unsaturated/α-hetero) is 2.